The van der Waals surface area contributed by atoms with Crippen molar-refractivity contribution in [2.24, 2.45) is 12.5 Å². The van der Waals surface area contributed by atoms with Gasteiger partial charge in [-0.15, -0.1) is 11.3 Å². The van der Waals surface area contributed by atoms with Crippen LogP contribution in [0.25, 0.3) is 38.1 Å². The summed E-state index contributed by atoms with van der Waals surface area (Å²) in [6.45, 7) is 8.84. The van der Waals surface area contributed by atoms with Gasteiger partial charge in [-0.2, -0.15) is 18.3 Å². The Kier molecular flexibility index (Phi) is 15.2. The molecule has 6 aromatic rings. The van der Waals surface area contributed by atoms with Crippen LogP contribution in [0, 0.1) is 12.3 Å². The highest BCUT2D eigenvalue weighted by atomic mass is 32.1. The van der Waals surface area contributed by atoms with Crippen LogP contribution in [0.5, 0.6) is 0 Å². The lowest BCUT2D eigenvalue weighted by Gasteiger charge is -2.35. The minimum Gasteiger partial charge on any atom is -0.391 e. The summed E-state index contributed by atoms with van der Waals surface area (Å²) in [4.78, 5) is 60.5. The van der Waals surface area contributed by atoms with Crippen LogP contribution in [0.4, 0.5) is 13.2 Å². The Labute approximate surface area is 390 Å². The van der Waals surface area contributed by atoms with Crippen molar-refractivity contribution < 1.29 is 42.2 Å². The van der Waals surface area contributed by atoms with Gasteiger partial charge in [0.1, 0.15) is 12.1 Å². The zero-order valence-corrected chi connectivity index (χ0v) is 39.1. The number of rotatable bonds is 18. The summed E-state index contributed by atoms with van der Waals surface area (Å²) in [5, 5.41) is 25.3. The molecule has 1 aliphatic heterocycles. The predicted molar refractivity (Wildman–Crippen MR) is 250 cm³/mol. The molecule has 1 saturated heterocycles. The van der Waals surface area contributed by atoms with Crippen LogP contribution >= 0.6 is 11.3 Å². The Balaban J connectivity index is 0.809. The summed E-state index contributed by atoms with van der Waals surface area (Å²) in [5.74, 6) is -1.33. The van der Waals surface area contributed by atoms with Crippen LogP contribution in [0.1, 0.15) is 86.5 Å². The molecule has 4 amide bonds. The molecule has 0 aliphatic carbocycles. The summed E-state index contributed by atoms with van der Waals surface area (Å²) in [6.07, 6.45) is -0.240. The number of alkyl halides is 3. The first-order valence-corrected chi connectivity index (χ1v) is 23.3. The van der Waals surface area contributed by atoms with E-state index in [9.17, 15) is 37.5 Å². The number of aliphatic hydroxyl groups excluding tert-OH is 1. The van der Waals surface area contributed by atoms with Crippen molar-refractivity contribution in [1.82, 2.24) is 40.2 Å². The van der Waals surface area contributed by atoms with E-state index >= 15 is 0 Å². The van der Waals surface area contributed by atoms with Crippen molar-refractivity contribution >= 4 is 56.9 Å². The van der Waals surface area contributed by atoms with Gasteiger partial charge in [0, 0.05) is 74.4 Å². The molecule has 0 bridgehead atoms. The van der Waals surface area contributed by atoms with E-state index in [0.29, 0.717) is 42.0 Å². The van der Waals surface area contributed by atoms with E-state index < -0.39 is 41.2 Å². The minimum absolute atomic E-state index is 0.00279. The van der Waals surface area contributed by atoms with Gasteiger partial charge >= 0.3 is 6.18 Å². The standard InChI is InChI=1S/C49H57F3N8O6S/c1-30-42(67-29-55-30)32-13-11-31(12-14-32)26-54-46(64)40-25-36(61)27-59(40)47(65)43(48(2,3)4)56-41(62)10-8-6-7-9-22-66-23-21-53-45(63)33-15-20-39-37(24-33)38-28-58(5)57-44(38)60(39)35-18-16-34(17-19-35)49(50,51)52/h11-20,24,28-29,36,40,43,61H,6-10,21-23,25-27H2,1-5H3,(H,53,63)(H,54,64)(H,56,62)/t36-,40?,43-/m1/s1. The second-order valence-electron chi connectivity index (χ2n) is 18.1. The van der Waals surface area contributed by atoms with Crippen molar-refractivity contribution in [2.45, 2.75) is 97.1 Å². The largest absolute Gasteiger partial charge is 0.416 e. The number of aliphatic hydroxyl groups is 1. The van der Waals surface area contributed by atoms with Gasteiger partial charge in [-0.3, -0.25) is 28.4 Å². The molecule has 0 radical (unpaired) electrons. The highest BCUT2D eigenvalue weighted by molar-refractivity contribution is 7.13. The summed E-state index contributed by atoms with van der Waals surface area (Å²) in [5.41, 5.74) is 5.49. The average Bonchev–Trinajstić information content (AvgIpc) is 4.07. The number of ether oxygens (including phenoxy) is 1. The Morgan fingerprint density at radius 3 is 2.34 bits per heavy atom. The number of fused-ring (bicyclic) bond motifs is 3. The molecule has 1 fully saturated rings. The van der Waals surface area contributed by atoms with E-state index in [1.165, 1.54) is 17.0 Å². The first kappa shape index (κ1) is 48.8. The molecule has 4 N–H and O–H groups in total. The second kappa shape index (κ2) is 20.8. The molecule has 1 aliphatic rings. The number of carbonyl (C=O) groups excluding carboxylic acids is 4. The lowest BCUT2D eigenvalue weighted by molar-refractivity contribution is -0.144. The number of aromatic nitrogens is 4. The number of likely N-dealkylation sites (tertiary alicyclic amines) is 1. The van der Waals surface area contributed by atoms with Crippen LogP contribution < -0.4 is 16.0 Å². The third-order valence-corrected chi connectivity index (χ3v) is 12.9. The summed E-state index contributed by atoms with van der Waals surface area (Å²) < 4.78 is 48.8. The quantitative estimate of drug-likeness (QED) is 0.0643. The lowest BCUT2D eigenvalue weighted by atomic mass is 9.85. The number of carbonyl (C=O) groups is 4. The molecule has 1 unspecified atom stereocenters. The van der Waals surface area contributed by atoms with Crippen LogP contribution in [0.2, 0.25) is 0 Å². The van der Waals surface area contributed by atoms with E-state index in [-0.39, 0.29) is 50.2 Å². The van der Waals surface area contributed by atoms with E-state index in [4.69, 9.17) is 4.74 Å². The number of halogens is 3. The van der Waals surface area contributed by atoms with Crippen molar-refractivity contribution in [3.05, 3.63) is 101 Å². The number of amides is 4. The Morgan fingerprint density at radius 1 is 0.925 bits per heavy atom. The molecule has 3 atom stereocenters. The molecule has 18 heteroatoms. The van der Waals surface area contributed by atoms with E-state index in [0.717, 1.165) is 63.9 Å². The number of benzene rings is 3. The normalized spacial score (nSPS) is 15.9. The molecular weight excluding hydrogens is 886 g/mol. The number of aryl methyl sites for hydroxylation is 2. The van der Waals surface area contributed by atoms with Gasteiger partial charge < -0.3 is 30.7 Å². The van der Waals surface area contributed by atoms with Crippen molar-refractivity contribution in [2.75, 3.05) is 26.3 Å². The fraction of sp³-hybridized carbons (Fsp3) is 0.429. The third kappa shape index (κ3) is 11.7. The minimum atomic E-state index is -4.45. The fourth-order valence-electron chi connectivity index (χ4n) is 8.39. The SMILES string of the molecule is Cc1ncsc1-c1ccc(CNC(=O)C2C[C@@H](O)CN2C(=O)[C@@H](NC(=O)CCCCCCOCCNC(=O)c2ccc3c(c2)c2cn(C)nc2n3-c2ccc(C(F)(F)F)cc2)C(C)(C)C)cc1. The number of unbranched alkanes of at least 4 members (excludes halogenated alkanes) is 3. The van der Waals surface area contributed by atoms with Crippen LogP contribution in [-0.4, -0.2) is 97.5 Å². The van der Waals surface area contributed by atoms with Gasteiger partial charge in [0.25, 0.3) is 5.91 Å². The molecule has 4 heterocycles. The molecule has 67 heavy (non-hydrogen) atoms. The maximum absolute atomic E-state index is 14.0. The highest BCUT2D eigenvalue weighted by Gasteiger charge is 2.44. The first-order valence-electron chi connectivity index (χ1n) is 22.5. The summed E-state index contributed by atoms with van der Waals surface area (Å²) in [7, 11) is 1.75. The maximum atomic E-state index is 14.0. The van der Waals surface area contributed by atoms with Crippen LogP contribution in [-0.2, 0) is 38.9 Å². The van der Waals surface area contributed by atoms with Gasteiger partial charge in [-0.25, -0.2) is 4.98 Å². The Hall–Kier alpha value is -6.11. The van der Waals surface area contributed by atoms with Crippen molar-refractivity contribution in [3.8, 4) is 16.1 Å². The Morgan fingerprint density at radius 2 is 1.66 bits per heavy atom. The lowest BCUT2D eigenvalue weighted by Crippen LogP contribution is -2.57. The monoisotopic (exact) mass is 942 g/mol. The zero-order valence-electron chi connectivity index (χ0n) is 38.3. The topological polar surface area (TPSA) is 173 Å². The third-order valence-electron chi connectivity index (χ3n) is 11.9. The highest BCUT2D eigenvalue weighted by Crippen LogP contribution is 2.35. The number of nitrogens with zero attached hydrogens (tertiary/aromatic N) is 5. The van der Waals surface area contributed by atoms with Gasteiger partial charge in [0.2, 0.25) is 17.7 Å². The fourth-order valence-corrected chi connectivity index (χ4v) is 9.20. The summed E-state index contributed by atoms with van der Waals surface area (Å²) >= 11 is 1.57. The molecule has 3 aromatic heterocycles. The molecule has 356 valence electrons. The number of thiazole rings is 1. The van der Waals surface area contributed by atoms with E-state index in [1.54, 1.807) is 45.8 Å². The molecular formula is C49H57F3N8O6S. The van der Waals surface area contributed by atoms with Gasteiger partial charge in [-0.1, -0.05) is 57.9 Å². The van der Waals surface area contributed by atoms with Crippen molar-refractivity contribution in [1.29, 1.82) is 0 Å². The van der Waals surface area contributed by atoms with Crippen LogP contribution in [0.15, 0.2) is 78.4 Å². The number of β-amino-alcohol motifs (C(OH)–C–C–N with tert-alkyl or cyclic N) is 1. The Bertz CT molecular complexity index is 2710. The van der Waals surface area contributed by atoms with Gasteiger partial charge in [-0.05, 0) is 78.8 Å². The van der Waals surface area contributed by atoms with E-state index in [1.807, 2.05) is 63.7 Å². The first-order chi connectivity index (χ1) is 31.9. The zero-order chi connectivity index (χ0) is 48.0. The average molecular weight is 943 g/mol. The summed E-state index contributed by atoms with van der Waals surface area (Å²) in [6, 6.07) is 16.1. The number of hydrogen-bond acceptors (Lipinski definition) is 9. The van der Waals surface area contributed by atoms with Gasteiger partial charge in [0.15, 0.2) is 5.65 Å². The number of hydrogen-bond donors (Lipinski definition) is 4. The van der Waals surface area contributed by atoms with Crippen LogP contribution in [0.3, 0.4) is 0 Å². The molecule has 0 spiro atoms. The maximum Gasteiger partial charge on any atom is 0.416 e. The number of nitrogens with one attached hydrogen (secondary N) is 3. The second-order valence-corrected chi connectivity index (χ2v) is 19.0. The predicted octanol–water partition coefficient (Wildman–Crippen LogP) is 7.47. The molecule has 0 saturated carbocycles. The van der Waals surface area contributed by atoms with Crippen molar-refractivity contribution in [3.63, 3.8) is 0 Å². The molecule has 7 rings (SSSR count). The molecule has 14 nitrogen and oxygen atoms in total. The smallest absolute Gasteiger partial charge is 0.391 e. The van der Waals surface area contributed by atoms with E-state index in [2.05, 4.69) is 26.0 Å². The van der Waals surface area contributed by atoms with Gasteiger partial charge in [0.05, 0.1) is 39.9 Å². The molecule has 3 aromatic carbocycles.